The summed E-state index contributed by atoms with van der Waals surface area (Å²) in [6, 6.07) is 0. The maximum absolute atomic E-state index is 12.3. The Morgan fingerprint density at radius 1 is 0.846 bits per heavy atom. The van der Waals surface area contributed by atoms with Crippen molar-refractivity contribution in [2.45, 2.75) is 64.6 Å². The number of aliphatic hydroxyl groups excluding tert-OH is 2. The zero-order valence-corrected chi connectivity index (χ0v) is 15.8. The summed E-state index contributed by atoms with van der Waals surface area (Å²) in [5.41, 5.74) is -1.40. The highest BCUT2D eigenvalue weighted by molar-refractivity contribution is 5.89. The van der Waals surface area contributed by atoms with E-state index in [-0.39, 0.29) is 17.6 Å². The predicted octanol–water partition coefficient (Wildman–Crippen LogP) is 2.64. The summed E-state index contributed by atoms with van der Waals surface area (Å²) in [7, 11) is 0. The van der Waals surface area contributed by atoms with Crippen molar-refractivity contribution in [3.05, 3.63) is 24.3 Å². The highest BCUT2D eigenvalue weighted by Crippen LogP contribution is 2.65. The van der Waals surface area contributed by atoms with Crippen LogP contribution in [-0.4, -0.2) is 41.2 Å². The Hall–Kier alpha value is -1.66. The summed E-state index contributed by atoms with van der Waals surface area (Å²) in [5.74, 6) is -3.16. The molecular weight excluding hydrogens is 336 g/mol. The van der Waals surface area contributed by atoms with Gasteiger partial charge in [-0.2, -0.15) is 0 Å². The molecule has 0 aromatic rings. The molecule has 2 saturated carbocycles. The lowest BCUT2D eigenvalue weighted by Crippen LogP contribution is -2.61. The molecule has 6 heteroatoms. The van der Waals surface area contributed by atoms with Gasteiger partial charge in [-0.25, -0.2) is 9.59 Å². The van der Waals surface area contributed by atoms with Crippen LogP contribution in [0.5, 0.6) is 0 Å². The normalized spacial score (nSPS) is 22.6. The average Bonchev–Trinajstić information content (AvgIpc) is 2.85. The summed E-state index contributed by atoms with van der Waals surface area (Å²) in [6.45, 7) is 9.28. The minimum Gasteiger partial charge on any atom is -0.418 e. The molecule has 0 saturated heterocycles. The summed E-state index contributed by atoms with van der Waals surface area (Å²) < 4.78 is 11.3. The van der Waals surface area contributed by atoms with Crippen molar-refractivity contribution in [1.29, 1.82) is 0 Å². The van der Waals surface area contributed by atoms with Crippen LogP contribution in [0, 0.1) is 10.8 Å². The SMILES string of the molecule is C=C(C)C(=O)OC1(OC(=O)C(=C)C)CCC2(CCCCC2)C1(CO)CO. The molecule has 0 atom stereocenters. The first-order chi connectivity index (χ1) is 12.2. The molecule has 2 fully saturated rings. The van der Waals surface area contributed by atoms with E-state index in [1.807, 2.05) is 0 Å². The smallest absolute Gasteiger partial charge is 0.336 e. The Bertz CT molecular complexity index is 567. The Labute approximate surface area is 154 Å². The van der Waals surface area contributed by atoms with Gasteiger partial charge in [0.2, 0.25) is 0 Å². The number of carbonyl (C=O) groups is 2. The summed E-state index contributed by atoms with van der Waals surface area (Å²) in [4.78, 5) is 24.7. The van der Waals surface area contributed by atoms with Gasteiger partial charge in [0, 0.05) is 17.6 Å². The molecule has 2 rings (SSSR count). The zero-order chi connectivity index (χ0) is 19.6. The first-order valence-corrected chi connectivity index (χ1v) is 9.19. The fourth-order valence-electron chi connectivity index (χ4n) is 4.66. The largest absolute Gasteiger partial charge is 0.418 e. The van der Waals surface area contributed by atoms with Gasteiger partial charge in [0.1, 0.15) is 0 Å². The van der Waals surface area contributed by atoms with Gasteiger partial charge in [0.05, 0.1) is 18.6 Å². The van der Waals surface area contributed by atoms with Gasteiger partial charge in [0.25, 0.3) is 5.79 Å². The molecular formula is C20H30O6. The van der Waals surface area contributed by atoms with Crippen molar-refractivity contribution in [2.24, 2.45) is 10.8 Å². The first kappa shape index (κ1) is 20.6. The summed E-state index contributed by atoms with van der Waals surface area (Å²) in [5, 5.41) is 20.8. The lowest BCUT2D eigenvalue weighted by molar-refractivity contribution is -0.289. The molecule has 6 nitrogen and oxygen atoms in total. The second-order valence-corrected chi connectivity index (χ2v) is 7.83. The molecule has 0 amide bonds. The number of ether oxygens (including phenoxy) is 2. The van der Waals surface area contributed by atoms with Crippen LogP contribution in [0.1, 0.15) is 58.8 Å². The molecule has 0 radical (unpaired) electrons. The fraction of sp³-hybridized carbons (Fsp3) is 0.700. The van der Waals surface area contributed by atoms with E-state index in [4.69, 9.17) is 9.47 Å². The Morgan fingerprint density at radius 3 is 1.69 bits per heavy atom. The van der Waals surface area contributed by atoms with Gasteiger partial charge < -0.3 is 19.7 Å². The van der Waals surface area contributed by atoms with Crippen molar-refractivity contribution in [1.82, 2.24) is 0 Å². The maximum atomic E-state index is 12.3. The van der Waals surface area contributed by atoms with E-state index in [0.29, 0.717) is 6.42 Å². The van der Waals surface area contributed by atoms with E-state index in [0.717, 1.165) is 32.1 Å². The lowest BCUT2D eigenvalue weighted by atomic mass is 9.58. The molecule has 2 N–H and O–H groups in total. The van der Waals surface area contributed by atoms with Crippen molar-refractivity contribution in [2.75, 3.05) is 13.2 Å². The quantitative estimate of drug-likeness (QED) is 0.426. The minimum absolute atomic E-state index is 0.158. The molecule has 0 aromatic carbocycles. The van der Waals surface area contributed by atoms with Gasteiger partial charge in [-0.05, 0) is 38.5 Å². The molecule has 2 aliphatic rings. The third-order valence-corrected chi connectivity index (χ3v) is 6.24. The number of rotatable bonds is 6. The number of carbonyl (C=O) groups excluding carboxylic acids is 2. The second-order valence-electron chi connectivity index (χ2n) is 7.83. The van der Waals surface area contributed by atoms with Crippen LogP contribution in [-0.2, 0) is 19.1 Å². The van der Waals surface area contributed by atoms with Crippen LogP contribution in [0.3, 0.4) is 0 Å². The molecule has 0 aromatic heterocycles. The van der Waals surface area contributed by atoms with Crippen molar-refractivity contribution in [3.63, 3.8) is 0 Å². The highest BCUT2D eigenvalue weighted by atomic mass is 16.7. The van der Waals surface area contributed by atoms with E-state index in [9.17, 15) is 19.8 Å². The monoisotopic (exact) mass is 366 g/mol. The second kappa shape index (κ2) is 7.53. The van der Waals surface area contributed by atoms with E-state index < -0.39 is 41.8 Å². The van der Waals surface area contributed by atoms with Crippen LogP contribution in [0.2, 0.25) is 0 Å². The van der Waals surface area contributed by atoms with Crippen LogP contribution in [0.4, 0.5) is 0 Å². The fourth-order valence-corrected chi connectivity index (χ4v) is 4.66. The summed E-state index contributed by atoms with van der Waals surface area (Å²) in [6.07, 6.45) is 5.39. The standard InChI is InChI=1S/C20H30O6/c1-14(2)16(23)25-20(26-17(24)15(3)4)11-10-18(8-6-5-7-9-18)19(20,12-21)13-22/h21-22H,1,3,5-13H2,2,4H3. The van der Waals surface area contributed by atoms with Crippen molar-refractivity contribution in [3.8, 4) is 0 Å². The third-order valence-electron chi connectivity index (χ3n) is 6.24. The van der Waals surface area contributed by atoms with Crippen LogP contribution < -0.4 is 0 Å². The number of esters is 2. The predicted molar refractivity (Wildman–Crippen MR) is 95.9 cm³/mol. The van der Waals surface area contributed by atoms with E-state index >= 15 is 0 Å². The Balaban J connectivity index is 2.56. The van der Waals surface area contributed by atoms with Crippen LogP contribution in [0.15, 0.2) is 24.3 Å². The number of aliphatic hydroxyl groups is 2. The molecule has 0 aliphatic heterocycles. The van der Waals surface area contributed by atoms with Crippen LogP contribution >= 0.6 is 0 Å². The molecule has 146 valence electrons. The molecule has 0 bridgehead atoms. The van der Waals surface area contributed by atoms with Gasteiger partial charge in [0.15, 0.2) is 0 Å². The highest BCUT2D eigenvalue weighted by Gasteiger charge is 2.71. The first-order valence-electron chi connectivity index (χ1n) is 9.19. The number of hydrogen-bond acceptors (Lipinski definition) is 6. The van der Waals surface area contributed by atoms with Gasteiger partial charge in [-0.3, -0.25) is 0 Å². The van der Waals surface area contributed by atoms with E-state index in [1.165, 1.54) is 13.8 Å². The van der Waals surface area contributed by atoms with Gasteiger partial charge in [-0.15, -0.1) is 0 Å². The molecule has 26 heavy (non-hydrogen) atoms. The van der Waals surface area contributed by atoms with Crippen molar-refractivity contribution >= 4 is 11.9 Å². The summed E-state index contributed by atoms with van der Waals surface area (Å²) >= 11 is 0. The third kappa shape index (κ3) is 3.09. The number of hydrogen-bond donors (Lipinski definition) is 2. The van der Waals surface area contributed by atoms with Gasteiger partial charge >= 0.3 is 11.9 Å². The van der Waals surface area contributed by atoms with Crippen LogP contribution in [0.25, 0.3) is 0 Å². The molecule has 2 aliphatic carbocycles. The van der Waals surface area contributed by atoms with E-state index in [2.05, 4.69) is 13.2 Å². The maximum Gasteiger partial charge on any atom is 0.336 e. The molecule has 0 unspecified atom stereocenters. The van der Waals surface area contributed by atoms with Crippen molar-refractivity contribution < 1.29 is 29.3 Å². The lowest BCUT2D eigenvalue weighted by Gasteiger charge is -2.51. The zero-order valence-electron chi connectivity index (χ0n) is 15.8. The molecule has 1 spiro atoms. The van der Waals surface area contributed by atoms with E-state index in [1.54, 1.807) is 0 Å². The minimum atomic E-state index is -1.74. The van der Waals surface area contributed by atoms with Gasteiger partial charge in [-0.1, -0.05) is 32.4 Å². The Morgan fingerprint density at radius 2 is 1.31 bits per heavy atom. The Kier molecular flexibility index (Phi) is 5.98. The average molecular weight is 366 g/mol. The molecule has 0 heterocycles. The topological polar surface area (TPSA) is 93.1 Å².